The maximum absolute atomic E-state index is 13.1. The van der Waals surface area contributed by atoms with Crippen molar-refractivity contribution >= 4 is 73.5 Å². The van der Waals surface area contributed by atoms with Crippen LogP contribution in [0.1, 0.15) is 52.4 Å². The molecule has 284 valence electrons. The number of aryl methyl sites for hydroxylation is 1. The van der Waals surface area contributed by atoms with Crippen molar-refractivity contribution in [2.24, 2.45) is 11.1 Å². The number of nitrogens with zero attached hydrogens (tertiary/aromatic N) is 5. The normalized spacial score (nSPS) is 16.2. The lowest BCUT2D eigenvalue weighted by Crippen LogP contribution is -2.21. The molecule has 0 bridgehead atoms. The molecule has 0 saturated heterocycles. The zero-order valence-electron chi connectivity index (χ0n) is 29.2. The quantitative estimate of drug-likeness (QED) is 0.0859. The molecule has 7 rings (SSSR count). The van der Waals surface area contributed by atoms with Gasteiger partial charge in [0.25, 0.3) is 5.91 Å². The molecule has 0 aliphatic heterocycles. The van der Waals surface area contributed by atoms with E-state index < -0.39 is 28.3 Å². The van der Waals surface area contributed by atoms with Gasteiger partial charge >= 0.3 is 0 Å². The van der Waals surface area contributed by atoms with Crippen LogP contribution in [-0.4, -0.2) is 64.0 Å². The zero-order valence-corrected chi connectivity index (χ0v) is 31.6. The molecule has 2 atom stereocenters. The predicted molar refractivity (Wildman–Crippen MR) is 207 cm³/mol. The zero-order chi connectivity index (χ0) is 39.4. The Morgan fingerprint density at radius 2 is 1.85 bits per heavy atom. The first-order chi connectivity index (χ1) is 26.2. The van der Waals surface area contributed by atoms with Gasteiger partial charge in [0.15, 0.2) is 29.4 Å². The molecule has 18 heteroatoms. The Morgan fingerprint density at radius 1 is 1.07 bits per heavy atom. The monoisotopic (exact) mass is 803 g/mol. The van der Waals surface area contributed by atoms with Gasteiger partial charge in [-0.15, -0.1) is 0 Å². The van der Waals surface area contributed by atoms with E-state index in [9.17, 15) is 23.1 Å². The first kappa shape index (κ1) is 39.1. The largest absolute Gasteiger partial charge is 0.483 e. The summed E-state index contributed by atoms with van der Waals surface area (Å²) in [4.78, 5) is 38.5. The smallest absolute Gasteiger partial charge is 0.262 e. The number of benzene rings is 3. The molecular formula is C37H35Cl2N9O6S. The first-order valence-electron chi connectivity index (χ1n) is 16.9. The van der Waals surface area contributed by atoms with Crippen LogP contribution in [0.4, 0.5) is 17.5 Å². The van der Waals surface area contributed by atoms with Gasteiger partial charge in [-0.3, -0.25) is 9.59 Å². The number of carbonyl (C=O) groups excluding carboxylic acids is 2. The minimum Gasteiger partial charge on any atom is -0.483 e. The van der Waals surface area contributed by atoms with Gasteiger partial charge in [-0.2, -0.15) is 15.2 Å². The number of aliphatic hydroxyl groups is 1. The molecule has 1 fully saturated rings. The minimum atomic E-state index is -3.87. The van der Waals surface area contributed by atoms with Gasteiger partial charge in [0, 0.05) is 39.9 Å². The Hall–Kier alpha value is -5.57. The van der Waals surface area contributed by atoms with E-state index in [0.29, 0.717) is 17.3 Å². The van der Waals surface area contributed by atoms with Crippen molar-refractivity contribution in [3.05, 3.63) is 105 Å². The van der Waals surface area contributed by atoms with Crippen LogP contribution >= 0.6 is 23.2 Å². The van der Waals surface area contributed by atoms with E-state index in [-0.39, 0.29) is 61.9 Å². The number of amides is 1. The number of halogens is 2. The highest BCUT2D eigenvalue weighted by Crippen LogP contribution is 2.33. The SMILES string of the molecule is Cc1cc(S(N)(=O)=O)ccc1NC(=O)COc1ccc(Cl)cc1C(=O)c1cc(Cl)cc(C#N)c1.Nc1nc(NC2CC2)c2ncn([C@H]3C=C[C@@H](CO)C3)c2n1. The van der Waals surface area contributed by atoms with E-state index in [2.05, 4.69) is 31.7 Å². The Balaban J connectivity index is 0.000000207. The number of anilines is 3. The Morgan fingerprint density at radius 3 is 2.53 bits per heavy atom. The van der Waals surface area contributed by atoms with Crippen LogP contribution in [0.5, 0.6) is 5.75 Å². The number of nitrogen functional groups attached to an aromatic ring is 1. The number of hydrogen-bond donors (Lipinski definition) is 5. The molecule has 15 nitrogen and oxygen atoms in total. The Bertz CT molecular complexity index is 2480. The second kappa shape index (κ2) is 16.4. The number of nitriles is 1. The van der Waals surface area contributed by atoms with Crippen molar-refractivity contribution in [3.63, 3.8) is 0 Å². The van der Waals surface area contributed by atoms with Crippen LogP contribution in [0, 0.1) is 24.2 Å². The van der Waals surface area contributed by atoms with Crippen molar-refractivity contribution in [1.29, 1.82) is 5.26 Å². The fourth-order valence-corrected chi connectivity index (χ4v) is 6.83. The summed E-state index contributed by atoms with van der Waals surface area (Å²) in [6.07, 6.45) is 9.10. The number of allylic oxidation sites excluding steroid dienone is 1. The lowest BCUT2D eigenvalue weighted by molar-refractivity contribution is -0.118. The molecule has 0 radical (unpaired) electrons. The van der Waals surface area contributed by atoms with E-state index in [1.807, 2.05) is 16.7 Å². The number of ether oxygens (including phenoxy) is 1. The third-order valence-electron chi connectivity index (χ3n) is 8.73. The lowest BCUT2D eigenvalue weighted by Gasteiger charge is -2.13. The highest BCUT2D eigenvalue weighted by atomic mass is 35.5. The number of nitrogens with one attached hydrogen (secondary N) is 2. The maximum Gasteiger partial charge on any atom is 0.262 e. The number of aromatic nitrogens is 4. The van der Waals surface area contributed by atoms with Crippen LogP contribution in [0.2, 0.25) is 10.0 Å². The van der Waals surface area contributed by atoms with Crippen LogP contribution < -0.4 is 26.2 Å². The average molecular weight is 805 g/mol. The van der Waals surface area contributed by atoms with Crippen molar-refractivity contribution in [3.8, 4) is 11.8 Å². The number of imidazole rings is 1. The van der Waals surface area contributed by atoms with Crippen LogP contribution in [0.25, 0.3) is 11.2 Å². The first-order valence-corrected chi connectivity index (χ1v) is 19.2. The molecule has 7 N–H and O–H groups in total. The van der Waals surface area contributed by atoms with Crippen LogP contribution in [0.15, 0.2) is 78.0 Å². The Kier molecular flexibility index (Phi) is 11.7. The summed E-state index contributed by atoms with van der Waals surface area (Å²) in [6, 6.07) is 15.2. The van der Waals surface area contributed by atoms with Crippen molar-refractivity contribution in [2.75, 3.05) is 29.6 Å². The molecule has 1 saturated carbocycles. The van der Waals surface area contributed by atoms with Gasteiger partial charge in [-0.05, 0) is 86.3 Å². The summed E-state index contributed by atoms with van der Waals surface area (Å²) in [6.45, 7) is 1.34. The molecule has 1 amide bonds. The molecular weight excluding hydrogens is 769 g/mol. The van der Waals surface area contributed by atoms with Gasteiger partial charge in [-0.25, -0.2) is 18.5 Å². The van der Waals surface area contributed by atoms with E-state index in [4.69, 9.17) is 44.1 Å². The fourth-order valence-electron chi connectivity index (χ4n) is 5.82. The van der Waals surface area contributed by atoms with Crippen molar-refractivity contribution in [1.82, 2.24) is 19.5 Å². The molecule has 0 unspecified atom stereocenters. The molecule has 2 heterocycles. The predicted octanol–water partition coefficient (Wildman–Crippen LogP) is 5.16. The average Bonchev–Trinajstić information content (AvgIpc) is 3.65. The summed E-state index contributed by atoms with van der Waals surface area (Å²) >= 11 is 12.1. The summed E-state index contributed by atoms with van der Waals surface area (Å²) in [5, 5.41) is 30.0. The van der Waals surface area contributed by atoms with Gasteiger partial charge in [0.2, 0.25) is 16.0 Å². The number of hydrogen-bond acceptors (Lipinski definition) is 12. The van der Waals surface area contributed by atoms with E-state index in [0.717, 1.165) is 36.2 Å². The summed E-state index contributed by atoms with van der Waals surface area (Å²) in [5.74, 6) is 0.244. The summed E-state index contributed by atoms with van der Waals surface area (Å²) < 4.78 is 30.5. The Labute approximate surface area is 326 Å². The number of nitrogens with two attached hydrogens (primary N) is 2. The number of aliphatic hydroxyl groups excluding tert-OH is 1. The second-order valence-electron chi connectivity index (χ2n) is 13.0. The third kappa shape index (κ3) is 9.57. The number of rotatable bonds is 11. The molecule has 5 aromatic rings. The second-order valence-corrected chi connectivity index (χ2v) is 15.4. The molecule has 3 aromatic carbocycles. The molecule has 2 aliphatic rings. The van der Waals surface area contributed by atoms with E-state index in [1.54, 1.807) is 13.3 Å². The highest BCUT2D eigenvalue weighted by Gasteiger charge is 2.26. The number of ketones is 1. The molecule has 0 spiro atoms. The highest BCUT2D eigenvalue weighted by molar-refractivity contribution is 7.89. The lowest BCUT2D eigenvalue weighted by atomic mass is 10.0. The van der Waals surface area contributed by atoms with Gasteiger partial charge in [0.05, 0.1) is 34.5 Å². The standard InChI is InChI=1S/C23H17Cl2N3O5S.C14H18N6O/c1-13-6-18(34(27,31)32)3-4-20(13)28-22(29)12-33-21-5-2-16(24)10-19(21)23(30)15-7-14(11-26)8-17(25)9-15;15-14-18-12(17-9-2-3-9)11-13(19-14)20(7-16-11)10-4-1-8(5-10)6-21/h2-10H,12H2,1H3,(H,28,29)(H2,27,31,32);1,4,7-10,21H,2-3,5-6H2,(H3,15,17,18,19)/t;8-,10+/m.1/s1. The fraction of sp³-hybridized carbons (Fsp3) is 0.243. The third-order valence-corrected chi connectivity index (χ3v) is 10.1. The summed E-state index contributed by atoms with van der Waals surface area (Å²) in [7, 11) is -3.87. The van der Waals surface area contributed by atoms with Gasteiger partial charge in [0.1, 0.15) is 5.75 Å². The number of carbonyl (C=O) groups is 2. The number of primary sulfonamides is 1. The number of sulfonamides is 1. The van der Waals surface area contributed by atoms with Crippen molar-refractivity contribution < 1.29 is 27.9 Å². The van der Waals surface area contributed by atoms with Gasteiger partial charge in [-0.1, -0.05) is 35.4 Å². The van der Waals surface area contributed by atoms with E-state index >= 15 is 0 Å². The minimum absolute atomic E-state index is 0.0795. The van der Waals surface area contributed by atoms with Crippen molar-refractivity contribution in [2.45, 2.75) is 43.2 Å². The molecule has 55 heavy (non-hydrogen) atoms. The van der Waals surface area contributed by atoms with E-state index in [1.165, 1.54) is 54.6 Å². The van der Waals surface area contributed by atoms with Gasteiger partial charge < -0.3 is 30.8 Å². The summed E-state index contributed by atoms with van der Waals surface area (Å²) in [5.41, 5.74) is 8.66. The molecule has 2 aromatic heterocycles. The molecule has 2 aliphatic carbocycles. The van der Waals surface area contributed by atoms with Crippen LogP contribution in [0.3, 0.4) is 0 Å². The number of fused-ring (bicyclic) bond motifs is 1. The maximum atomic E-state index is 13.1. The topological polar surface area (TPSA) is 241 Å². The van der Waals surface area contributed by atoms with Crippen LogP contribution in [-0.2, 0) is 14.8 Å².